The molecule has 0 radical (unpaired) electrons. The Balaban J connectivity index is 1.42. The number of anilines is 2. The molecule has 3 rings (SSSR count). The Morgan fingerprint density at radius 3 is 2.46 bits per heavy atom. The first kappa shape index (κ1) is 19.9. The highest BCUT2D eigenvalue weighted by Gasteiger charge is 2.10. The molecular weight excluding hydrogens is 354 g/mol. The van der Waals surface area contributed by atoms with E-state index in [-0.39, 0.29) is 12.5 Å². The lowest BCUT2D eigenvalue weighted by atomic mass is 10.0. The van der Waals surface area contributed by atoms with Crippen LogP contribution in [0.15, 0.2) is 53.7 Å². The number of benzene rings is 2. The number of hydrogen-bond donors (Lipinski definition) is 1. The molecule has 1 aliphatic rings. The van der Waals surface area contributed by atoms with Gasteiger partial charge in [0.2, 0.25) is 0 Å². The number of rotatable bonds is 7. The first-order valence-corrected chi connectivity index (χ1v) is 9.60. The highest BCUT2D eigenvalue weighted by atomic mass is 16.6. The van der Waals surface area contributed by atoms with Crippen molar-refractivity contribution in [1.82, 2.24) is 0 Å². The second-order valence-electron chi connectivity index (χ2n) is 7.02. The Morgan fingerprint density at radius 2 is 1.82 bits per heavy atom. The van der Waals surface area contributed by atoms with E-state index in [9.17, 15) is 4.79 Å². The van der Waals surface area contributed by atoms with Gasteiger partial charge >= 0.3 is 0 Å². The Labute approximate surface area is 166 Å². The van der Waals surface area contributed by atoms with Crippen LogP contribution in [0.4, 0.5) is 11.4 Å². The molecule has 148 valence electrons. The highest BCUT2D eigenvalue weighted by molar-refractivity contribution is 5.91. The number of ether oxygens (including phenoxy) is 1. The van der Waals surface area contributed by atoms with E-state index in [0.29, 0.717) is 5.92 Å². The van der Waals surface area contributed by atoms with E-state index < -0.39 is 0 Å². The van der Waals surface area contributed by atoms with Crippen molar-refractivity contribution in [2.45, 2.75) is 19.8 Å². The van der Waals surface area contributed by atoms with Gasteiger partial charge < -0.3 is 19.8 Å². The van der Waals surface area contributed by atoms with Gasteiger partial charge in [0, 0.05) is 24.5 Å². The van der Waals surface area contributed by atoms with Crippen molar-refractivity contribution in [3.05, 3.63) is 59.7 Å². The Kier molecular flexibility index (Phi) is 7.03. The van der Waals surface area contributed by atoms with Crippen LogP contribution >= 0.6 is 0 Å². The van der Waals surface area contributed by atoms with Crippen LogP contribution in [0.5, 0.6) is 0 Å². The number of nitrogens with one attached hydrogen (secondary N) is 1. The summed E-state index contributed by atoms with van der Waals surface area (Å²) in [6.45, 7) is 7.49. The predicted octanol–water partition coefficient (Wildman–Crippen LogP) is 3.64. The molecule has 1 heterocycles. The molecule has 2 aromatic rings. The number of oxime groups is 1. The third kappa shape index (κ3) is 5.82. The standard InChI is InChI=1S/C22H27N3O3/c1-17(2)19-5-7-20(8-6-19)24-22(26)16-28-23-15-18-3-9-21(10-4-18)25-11-13-27-14-12-25/h3-10,15,17H,11-14,16H2,1-2H3,(H,24,26). The Bertz CT molecular complexity index is 780. The molecule has 0 spiro atoms. The zero-order valence-corrected chi connectivity index (χ0v) is 16.4. The zero-order chi connectivity index (χ0) is 19.8. The average Bonchev–Trinajstić information content (AvgIpc) is 2.73. The minimum Gasteiger partial charge on any atom is -0.386 e. The fourth-order valence-electron chi connectivity index (χ4n) is 2.94. The summed E-state index contributed by atoms with van der Waals surface area (Å²) in [7, 11) is 0. The van der Waals surface area contributed by atoms with E-state index in [1.807, 2.05) is 36.4 Å². The lowest BCUT2D eigenvalue weighted by Crippen LogP contribution is -2.36. The highest BCUT2D eigenvalue weighted by Crippen LogP contribution is 2.17. The number of morpholine rings is 1. The quantitative estimate of drug-likeness (QED) is 0.588. The van der Waals surface area contributed by atoms with Crippen molar-refractivity contribution >= 4 is 23.5 Å². The molecule has 0 unspecified atom stereocenters. The van der Waals surface area contributed by atoms with Crippen LogP contribution < -0.4 is 10.2 Å². The second-order valence-corrected chi connectivity index (χ2v) is 7.02. The third-order valence-electron chi connectivity index (χ3n) is 4.60. The summed E-state index contributed by atoms with van der Waals surface area (Å²) in [5.41, 5.74) is 4.07. The topological polar surface area (TPSA) is 63.2 Å². The number of hydrogen-bond acceptors (Lipinski definition) is 5. The maximum Gasteiger partial charge on any atom is 0.265 e. The molecule has 1 aliphatic heterocycles. The summed E-state index contributed by atoms with van der Waals surface area (Å²) in [5.74, 6) is 0.225. The van der Waals surface area contributed by atoms with E-state index in [1.165, 1.54) is 11.3 Å². The van der Waals surface area contributed by atoms with Crippen LogP contribution in [-0.2, 0) is 14.4 Å². The molecule has 0 bridgehead atoms. The minimum absolute atomic E-state index is 0.131. The van der Waals surface area contributed by atoms with Gasteiger partial charge in [-0.05, 0) is 41.3 Å². The van der Waals surface area contributed by atoms with Crippen LogP contribution in [-0.4, -0.2) is 45.0 Å². The Hall–Kier alpha value is -2.86. The molecule has 0 aliphatic carbocycles. The summed E-state index contributed by atoms with van der Waals surface area (Å²) < 4.78 is 5.37. The van der Waals surface area contributed by atoms with Gasteiger partial charge in [0.25, 0.3) is 5.91 Å². The molecule has 1 N–H and O–H groups in total. The maximum atomic E-state index is 11.9. The van der Waals surface area contributed by atoms with Crippen LogP contribution in [0.3, 0.4) is 0 Å². The average molecular weight is 381 g/mol. The van der Waals surface area contributed by atoms with E-state index in [0.717, 1.165) is 37.6 Å². The number of carbonyl (C=O) groups excluding carboxylic acids is 1. The van der Waals surface area contributed by atoms with Crippen molar-refractivity contribution < 1.29 is 14.4 Å². The minimum atomic E-state index is -0.239. The van der Waals surface area contributed by atoms with Gasteiger partial charge in [-0.25, -0.2) is 0 Å². The third-order valence-corrected chi connectivity index (χ3v) is 4.60. The normalized spacial score (nSPS) is 14.5. The molecule has 6 heteroatoms. The molecule has 0 aromatic heterocycles. The summed E-state index contributed by atoms with van der Waals surface area (Å²) in [4.78, 5) is 19.3. The monoisotopic (exact) mass is 381 g/mol. The lowest BCUT2D eigenvalue weighted by Gasteiger charge is -2.28. The van der Waals surface area contributed by atoms with E-state index >= 15 is 0 Å². The van der Waals surface area contributed by atoms with Crippen molar-refractivity contribution in [2.24, 2.45) is 5.16 Å². The van der Waals surface area contributed by atoms with Gasteiger partial charge in [-0.3, -0.25) is 4.79 Å². The molecular formula is C22H27N3O3. The van der Waals surface area contributed by atoms with Gasteiger partial charge in [-0.1, -0.05) is 43.3 Å². The van der Waals surface area contributed by atoms with Crippen molar-refractivity contribution in [2.75, 3.05) is 43.1 Å². The number of nitrogens with zero attached hydrogens (tertiary/aromatic N) is 2. The Morgan fingerprint density at radius 1 is 1.14 bits per heavy atom. The van der Waals surface area contributed by atoms with Gasteiger partial charge in [0.1, 0.15) is 0 Å². The molecule has 1 saturated heterocycles. The summed E-state index contributed by atoms with van der Waals surface area (Å²) in [6, 6.07) is 15.9. The molecule has 1 fully saturated rings. The number of amides is 1. The van der Waals surface area contributed by atoms with Crippen molar-refractivity contribution in [3.63, 3.8) is 0 Å². The smallest absolute Gasteiger partial charge is 0.265 e. The molecule has 6 nitrogen and oxygen atoms in total. The second kappa shape index (κ2) is 9.90. The van der Waals surface area contributed by atoms with E-state index in [1.54, 1.807) is 6.21 Å². The SMILES string of the molecule is CC(C)c1ccc(NC(=O)CON=Cc2ccc(N3CCOCC3)cc2)cc1. The van der Waals surface area contributed by atoms with Gasteiger partial charge in [0.05, 0.1) is 19.4 Å². The summed E-state index contributed by atoms with van der Waals surface area (Å²) >= 11 is 0. The van der Waals surface area contributed by atoms with Gasteiger partial charge in [-0.2, -0.15) is 0 Å². The molecule has 0 atom stereocenters. The lowest BCUT2D eigenvalue weighted by molar-refractivity contribution is -0.120. The van der Waals surface area contributed by atoms with Crippen LogP contribution in [0.2, 0.25) is 0 Å². The number of carbonyl (C=O) groups is 1. The largest absolute Gasteiger partial charge is 0.386 e. The van der Waals surface area contributed by atoms with Gasteiger partial charge in [0.15, 0.2) is 6.61 Å². The molecule has 2 aromatic carbocycles. The van der Waals surface area contributed by atoms with E-state index in [2.05, 4.69) is 41.4 Å². The van der Waals surface area contributed by atoms with Crippen molar-refractivity contribution in [3.8, 4) is 0 Å². The first-order valence-electron chi connectivity index (χ1n) is 9.60. The molecule has 28 heavy (non-hydrogen) atoms. The first-order chi connectivity index (χ1) is 13.6. The fraction of sp³-hybridized carbons (Fsp3) is 0.364. The van der Waals surface area contributed by atoms with Crippen LogP contribution in [0, 0.1) is 0 Å². The van der Waals surface area contributed by atoms with E-state index in [4.69, 9.17) is 9.57 Å². The molecule has 1 amide bonds. The van der Waals surface area contributed by atoms with Gasteiger partial charge in [-0.15, -0.1) is 0 Å². The zero-order valence-electron chi connectivity index (χ0n) is 16.4. The maximum absolute atomic E-state index is 11.9. The summed E-state index contributed by atoms with van der Waals surface area (Å²) in [5, 5.41) is 6.68. The molecule has 0 saturated carbocycles. The van der Waals surface area contributed by atoms with Crippen LogP contribution in [0.25, 0.3) is 0 Å². The van der Waals surface area contributed by atoms with Crippen molar-refractivity contribution in [1.29, 1.82) is 0 Å². The fourth-order valence-corrected chi connectivity index (χ4v) is 2.94. The predicted molar refractivity (Wildman–Crippen MR) is 112 cm³/mol. The van der Waals surface area contributed by atoms with Crippen LogP contribution in [0.1, 0.15) is 30.9 Å². The summed E-state index contributed by atoms with van der Waals surface area (Å²) in [6.07, 6.45) is 1.60.